The van der Waals surface area contributed by atoms with Crippen molar-refractivity contribution in [1.29, 1.82) is 0 Å². The molecule has 0 aromatic carbocycles. The maximum absolute atomic E-state index is 5.89. The van der Waals surface area contributed by atoms with Gasteiger partial charge in [0.05, 0.1) is 12.4 Å². The predicted molar refractivity (Wildman–Crippen MR) is 70.2 cm³/mol. The molecule has 0 spiro atoms. The fourth-order valence-corrected chi connectivity index (χ4v) is 2.56. The number of hydrogen-bond acceptors (Lipinski definition) is 3. The lowest BCUT2D eigenvalue weighted by Gasteiger charge is -2.19. The molecule has 2 aromatic rings. The monoisotopic (exact) mass is 252 g/mol. The molecule has 2 heterocycles. The highest BCUT2D eigenvalue weighted by Crippen LogP contribution is 2.20. The van der Waals surface area contributed by atoms with Crippen LogP contribution in [-0.2, 0) is 12.4 Å². The van der Waals surface area contributed by atoms with E-state index in [-0.39, 0.29) is 0 Å². The Labute approximate surface area is 105 Å². The minimum atomic E-state index is 0.498. The van der Waals surface area contributed by atoms with Crippen molar-refractivity contribution in [2.45, 2.75) is 12.4 Å². The molecule has 0 unspecified atom stereocenters. The minimum absolute atomic E-state index is 0.498. The maximum Gasteiger partial charge on any atom is 0.132 e. The van der Waals surface area contributed by atoms with Gasteiger partial charge in [0.2, 0.25) is 0 Å². The molecule has 0 fully saturated rings. The van der Waals surface area contributed by atoms with Crippen molar-refractivity contribution in [3.8, 4) is 0 Å². The lowest BCUT2D eigenvalue weighted by atomic mass is 10.2. The summed E-state index contributed by atoms with van der Waals surface area (Å²) < 4.78 is 0. The van der Waals surface area contributed by atoms with Crippen LogP contribution in [0.2, 0.25) is 0 Å². The van der Waals surface area contributed by atoms with Crippen LogP contribution in [0, 0.1) is 0 Å². The Bertz CT molecular complexity index is 442. The minimum Gasteiger partial charge on any atom is -0.354 e. The number of nitrogens with zero attached hydrogens (tertiary/aromatic N) is 2. The van der Waals surface area contributed by atoms with Crippen molar-refractivity contribution >= 4 is 28.8 Å². The highest BCUT2D eigenvalue weighted by Gasteiger charge is 2.08. The largest absolute Gasteiger partial charge is 0.354 e. The van der Waals surface area contributed by atoms with E-state index in [1.165, 1.54) is 4.88 Å². The summed E-state index contributed by atoms with van der Waals surface area (Å²) >= 11 is 7.65. The van der Waals surface area contributed by atoms with E-state index in [1.54, 1.807) is 17.5 Å². The fraction of sp³-hybridized carbons (Fsp3) is 0.250. The fourth-order valence-electron chi connectivity index (χ4n) is 1.59. The van der Waals surface area contributed by atoms with Crippen LogP contribution in [0.3, 0.4) is 0 Å². The number of halogens is 1. The number of anilines is 1. The van der Waals surface area contributed by atoms with Crippen molar-refractivity contribution < 1.29 is 0 Å². The normalized spacial score (nSPS) is 10.4. The Morgan fingerprint density at radius 3 is 2.94 bits per heavy atom. The first-order valence-corrected chi connectivity index (χ1v) is 6.46. The van der Waals surface area contributed by atoms with Gasteiger partial charge in [-0.2, -0.15) is 0 Å². The first-order chi connectivity index (χ1) is 7.81. The predicted octanol–water partition coefficient (Wildman–Crippen LogP) is 3.52. The molecule has 2 nitrogen and oxygen atoms in total. The molecule has 0 aliphatic carbocycles. The van der Waals surface area contributed by atoms with Gasteiger partial charge in [-0.1, -0.05) is 12.1 Å². The number of thiophene rings is 1. The zero-order valence-corrected chi connectivity index (χ0v) is 10.6. The lowest BCUT2D eigenvalue weighted by molar-refractivity contribution is 0.903. The van der Waals surface area contributed by atoms with E-state index in [0.717, 1.165) is 17.9 Å². The van der Waals surface area contributed by atoms with Crippen molar-refractivity contribution in [1.82, 2.24) is 4.98 Å². The highest BCUT2D eigenvalue weighted by atomic mass is 35.5. The Balaban J connectivity index is 2.17. The molecule has 0 N–H and O–H groups in total. The average Bonchev–Trinajstić information content (AvgIpc) is 2.81. The van der Waals surface area contributed by atoms with Crippen molar-refractivity contribution in [3.05, 3.63) is 46.3 Å². The Morgan fingerprint density at radius 1 is 1.38 bits per heavy atom. The standard InChI is InChI=1S/C12H13ClN2S/c1-15(9-11-5-3-7-16-11)12-10(8-13)4-2-6-14-12/h2-7H,8-9H2,1H3. The molecule has 0 atom stereocenters. The molecule has 0 aliphatic rings. The molecule has 0 radical (unpaired) electrons. The molecule has 0 aliphatic heterocycles. The summed E-state index contributed by atoms with van der Waals surface area (Å²) in [6, 6.07) is 8.12. The van der Waals surface area contributed by atoms with Gasteiger partial charge < -0.3 is 4.90 Å². The van der Waals surface area contributed by atoms with Crippen molar-refractivity contribution in [2.75, 3.05) is 11.9 Å². The zero-order chi connectivity index (χ0) is 11.4. The third-order valence-electron chi connectivity index (χ3n) is 2.35. The molecule has 0 saturated heterocycles. The quantitative estimate of drug-likeness (QED) is 0.774. The summed E-state index contributed by atoms with van der Waals surface area (Å²) in [6.07, 6.45) is 1.80. The van der Waals surface area contributed by atoms with Crippen molar-refractivity contribution in [3.63, 3.8) is 0 Å². The van der Waals surface area contributed by atoms with E-state index in [1.807, 2.05) is 19.2 Å². The molecule has 2 rings (SSSR count). The molecule has 4 heteroatoms. The van der Waals surface area contributed by atoms with Gasteiger partial charge in [-0.15, -0.1) is 22.9 Å². The van der Waals surface area contributed by atoms with Gasteiger partial charge in [-0.3, -0.25) is 0 Å². The van der Waals surface area contributed by atoms with E-state index in [9.17, 15) is 0 Å². The molecular formula is C12H13ClN2S. The van der Waals surface area contributed by atoms with Gasteiger partial charge >= 0.3 is 0 Å². The molecule has 16 heavy (non-hydrogen) atoms. The zero-order valence-electron chi connectivity index (χ0n) is 9.06. The second-order valence-corrected chi connectivity index (χ2v) is 4.85. The van der Waals surface area contributed by atoms with E-state index >= 15 is 0 Å². The first kappa shape index (κ1) is 11.4. The number of aromatic nitrogens is 1. The highest BCUT2D eigenvalue weighted by molar-refractivity contribution is 7.09. The SMILES string of the molecule is CN(Cc1cccs1)c1ncccc1CCl. The summed E-state index contributed by atoms with van der Waals surface area (Å²) in [4.78, 5) is 7.83. The first-order valence-electron chi connectivity index (χ1n) is 5.04. The Kier molecular flexibility index (Phi) is 3.80. The molecule has 0 saturated carbocycles. The molecule has 2 aromatic heterocycles. The van der Waals surface area contributed by atoms with Crippen LogP contribution in [0.4, 0.5) is 5.82 Å². The van der Waals surface area contributed by atoms with E-state index in [2.05, 4.69) is 27.4 Å². The average molecular weight is 253 g/mol. The Hall–Kier alpha value is -1.06. The van der Waals surface area contributed by atoms with Crippen LogP contribution in [0.1, 0.15) is 10.4 Å². The number of hydrogen-bond donors (Lipinski definition) is 0. The van der Waals surface area contributed by atoms with Crippen LogP contribution >= 0.6 is 22.9 Å². The van der Waals surface area contributed by atoms with Gasteiger partial charge in [-0.05, 0) is 17.5 Å². The summed E-state index contributed by atoms with van der Waals surface area (Å²) in [5.74, 6) is 1.46. The van der Waals surface area contributed by atoms with E-state index < -0.39 is 0 Å². The number of alkyl halides is 1. The van der Waals surface area contributed by atoms with Gasteiger partial charge in [0.1, 0.15) is 5.82 Å². The summed E-state index contributed by atoms with van der Waals surface area (Å²) in [5.41, 5.74) is 1.07. The number of pyridine rings is 1. The maximum atomic E-state index is 5.89. The van der Waals surface area contributed by atoms with Crippen LogP contribution in [0.5, 0.6) is 0 Å². The van der Waals surface area contributed by atoms with Crippen LogP contribution in [-0.4, -0.2) is 12.0 Å². The van der Waals surface area contributed by atoms with Crippen LogP contribution < -0.4 is 4.90 Å². The molecule has 84 valence electrons. The third kappa shape index (κ3) is 2.54. The third-order valence-corrected chi connectivity index (χ3v) is 3.50. The topological polar surface area (TPSA) is 16.1 Å². The van der Waals surface area contributed by atoms with Gasteiger partial charge in [0.25, 0.3) is 0 Å². The molecule has 0 bridgehead atoms. The molecular weight excluding hydrogens is 240 g/mol. The smallest absolute Gasteiger partial charge is 0.132 e. The summed E-state index contributed by atoms with van der Waals surface area (Å²) in [6.45, 7) is 0.874. The Morgan fingerprint density at radius 2 is 2.25 bits per heavy atom. The van der Waals surface area contributed by atoms with E-state index in [0.29, 0.717) is 5.88 Å². The van der Waals surface area contributed by atoms with Crippen LogP contribution in [0.25, 0.3) is 0 Å². The van der Waals surface area contributed by atoms with Gasteiger partial charge in [0.15, 0.2) is 0 Å². The second-order valence-electron chi connectivity index (χ2n) is 3.56. The van der Waals surface area contributed by atoms with Crippen LogP contribution in [0.15, 0.2) is 35.8 Å². The molecule has 0 amide bonds. The second kappa shape index (κ2) is 5.32. The lowest BCUT2D eigenvalue weighted by Crippen LogP contribution is -2.18. The summed E-state index contributed by atoms with van der Waals surface area (Å²) in [7, 11) is 2.04. The summed E-state index contributed by atoms with van der Waals surface area (Å²) in [5, 5.41) is 2.09. The van der Waals surface area contributed by atoms with Gasteiger partial charge in [-0.25, -0.2) is 4.98 Å². The number of rotatable bonds is 4. The van der Waals surface area contributed by atoms with E-state index in [4.69, 9.17) is 11.6 Å². The van der Waals surface area contributed by atoms with Crippen molar-refractivity contribution in [2.24, 2.45) is 0 Å². The van der Waals surface area contributed by atoms with Gasteiger partial charge in [0, 0.05) is 23.7 Å².